The molecule has 0 radical (unpaired) electrons. The monoisotopic (exact) mass is 212 g/mol. The second-order valence-corrected chi connectivity index (χ2v) is 3.60. The maximum atomic E-state index is 13.3. The molecule has 1 aromatic carbocycles. The first-order chi connectivity index (χ1) is 7.15. The van der Waals surface area contributed by atoms with Gasteiger partial charge in [0, 0.05) is 19.6 Å². The van der Waals surface area contributed by atoms with Gasteiger partial charge in [-0.25, -0.2) is 4.39 Å². The lowest BCUT2D eigenvalue weighted by Crippen LogP contribution is -2.30. The molecule has 0 bridgehead atoms. The highest BCUT2D eigenvalue weighted by Crippen LogP contribution is 2.17. The molecule has 3 N–H and O–H groups in total. The molecule has 1 atom stereocenters. The van der Waals surface area contributed by atoms with Crippen molar-refractivity contribution in [2.45, 2.75) is 12.5 Å². The molecule has 4 heteroatoms. The Morgan fingerprint density at radius 1 is 1.47 bits per heavy atom. The Balaban J connectivity index is 2.54. The van der Waals surface area contributed by atoms with Gasteiger partial charge in [-0.3, -0.25) is 0 Å². The average molecular weight is 212 g/mol. The van der Waals surface area contributed by atoms with Crippen LogP contribution in [0, 0.1) is 5.82 Å². The minimum Gasteiger partial charge on any atom is -0.395 e. The summed E-state index contributed by atoms with van der Waals surface area (Å²) >= 11 is 0. The summed E-state index contributed by atoms with van der Waals surface area (Å²) in [7, 11) is 1.81. The third-order valence-electron chi connectivity index (χ3n) is 2.33. The molecule has 0 fully saturated rings. The number of nitrogens with two attached hydrogens (primary N) is 1. The van der Waals surface area contributed by atoms with E-state index in [9.17, 15) is 4.39 Å². The van der Waals surface area contributed by atoms with Gasteiger partial charge in [0.25, 0.3) is 0 Å². The topological polar surface area (TPSA) is 49.5 Å². The molecule has 0 heterocycles. The summed E-state index contributed by atoms with van der Waals surface area (Å²) in [4.78, 5) is 1.80. The predicted octanol–water partition coefficient (Wildman–Crippen LogP) is 0.972. The van der Waals surface area contributed by atoms with Gasteiger partial charge in [0.05, 0.1) is 12.3 Å². The standard InChI is InChI=1S/C11H17FN2O/c1-14(7-6-9(13)8-15)11-5-3-2-4-10(11)12/h2-5,9,15H,6-8,13H2,1H3. The largest absolute Gasteiger partial charge is 0.395 e. The van der Waals surface area contributed by atoms with Crippen LogP contribution in [0.5, 0.6) is 0 Å². The number of rotatable bonds is 5. The number of aliphatic hydroxyl groups excluding tert-OH is 1. The maximum absolute atomic E-state index is 13.3. The molecule has 1 rings (SSSR count). The molecular formula is C11H17FN2O. The van der Waals surface area contributed by atoms with Crippen molar-refractivity contribution in [1.29, 1.82) is 0 Å². The van der Waals surface area contributed by atoms with Gasteiger partial charge in [-0.2, -0.15) is 0 Å². The van der Waals surface area contributed by atoms with E-state index in [2.05, 4.69) is 0 Å². The minimum atomic E-state index is -0.238. The summed E-state index contributed by atoms with van der Waals surface area (Å²) < 4.78 is 13.3. The minimum absolute atomic E-state index is 0.0366. The van der Waals surface area contributed by atoms with E-state index in [1.807, 2.05) is 7.05 Å². The summed E-state index contributed by atoms with van der Waals surface area (Å²) in [6.07, 6.45) is 0.640. The van der Waals surface area contributed by atoms with Crippen LogP contribution in [0.15, 0.2) is 24.3 Å². The number of anilines is 1. The number of para-hydroxylation sites is 1. The molecule has 0 saturated carbocycles. The van der Waals surface area contributed by atoms with E-state index in [-0.39, 0.29) is 18.5 Å². The van der Waals surface area contributed by atoms with E-state index in [1.54, 1.807) is 23.1 Å². The van der Waals surface area contributed by atoms with E-state index < -0.39 is 0 Å². The fourth-order valence-electron chi connectivity index (χ4n) is 1.33. The van der Waals surface area contributed by atoms with Gasteiger partial charge in [-0.15, -0.1) is 0 Å². The molecule has 0 saturated heterocycles. The molecule has 1 aromatic rings. The highest BCUT2D eigenvalue weighted by atomic mass is 19.1. The molecule has 0 spiro atoms. The average Bonchev–Trinajstić information content (AvgIpc) is 2.26. The van der Waals surface area contributed by atoms with Crippen molar-refractivity contribution in [3.05, 3.63) is 30.1 Å². The van der Waals surface area contributed by atoms with Crippen LogP contribution in [0.25, 0.3) is 0 Å². The van der Waals surface area contributed by atoms with E-state index >= 15 is 0 Å². The van der Waals surface area contributed by atoms with Crippen molar-refractivity contribution < 1.29 is 9.50 Å². The second kappa shape index (κ2) is 5.68. The van der Waals surface area contributed by atoms with Gasteiger partial charge < -0.3 is 15.7 Å². The first-order valence-corrected chi connectivity index (χ1v) is 4.97. The van der Waals surface area contributed by atoms with Gasteiger partial charge in [-0.1, -0.05) is 12.1 Å². The van der Waals surface area contributed by atoms with E-state index in [4.69, 9.17) is 10.8 Å². The molecule has 0 aliphatic rings. The Labute approximate surface area is 89.3 Å². The fraction of sp³-hybridized carbons (Fsp3) is 0.455. The van der Waals surface area contributed by atoms with Gasteiger partial charge in [0.15, 0.2) is 0 Å². The zero-order chi connectivity index (χ0) is 11.3. The number of aliphatic hydroxyl groups is 1. The Morgan fingerprint density at radius 3 is 2.73 bits per heavy atom. The molecule has 15 heavy (non-hydrogen) atoms. The van der Waals surface area contributed by atoms with Gasteiger partial charge in [0.2, 0.25) is 0 Å². The number of hydrogen-bond donors (Lipinski definition) is 2. The molecule has 0 amide bonds. The summed E-state index contributed by atoms with van der Waals surface area (Å²) in [5.41, 5.74) is 6.12. The van der Waals surface area contributed by atoms with Crippen LogP contribution >= 0.6 is 0 Å². The quantitative estimate of drug-likeness (QED) is 0.764. The SMILES string of the molecule is CN(CCC(N)CO)c1ccccc1F. The number of nitrogens with zero attached hydrogens (tertiary/aromatic N) is 1. The molecular weight excluding hydrogens is 195 g/mol. The highest BCUT2D eigenvalue weighted by Gasteiger charge is 2.07. The molecule has 3 nitrogen and oxygen atoms in total. The second-order valence-electron chi connectivity index (χ2n) is 3.60. The molecule has 0 aliphatic heterocycles. The van der Waals surface area contributed by atoms with Crippen molar-refractivity contribution >= 4 is 5.69 Å². The zero-order valence-corrected chi connectivity index (χ0v) is 8.86. The highest BCUT2D eigenvalue weighted by molar-refractivity contribution is 5.46. The van der Waals surface area contributed by atoms with Crippen LogP contribution in [0.1, 0.15) is 6.42 Å². The predicted molar refractivity (Wildman–Crippen MR) is 59.3 cm³/mol. The fourth-order valence-corrected chi connectivity index (χ4v) is 1.33. The van der Waals surface area contributed by atoms with Crippen LogP contribution in [0.4, 0.5) is 10.1 Å². The summed E-state index contributed by atoms with van der Waals surface area (Å²) in [6, 6.07) is 6.36. The van der Waals surface area contributed by atoms with Crippen LogP contribution in [-0.4, -0.2) is 31.3 Å². The lowest BCUT2D eigenvalue weighted by molar-refractivity contribution is 0.261. The molecule has 84 valence electrons. The van der Waals surface area contributed by atoms with Crippen molar-refractivity contribution in [3.8, 4) is 0 Å². The zero-order valence-electron chi connectivity index (χ0n) is 8.86. The van der Waals surface area contributed by atoms with E-state index in [0.29, 0.717) is 18.7 Å². The third kappa shape index (κ3) is 3.49. The lowest BCUT2D eigenvalue weighted by Gasteiger charge is -2.21. The molecule has 0 aliphatic carbocycles. The van der Waals surface area contributed by atoms with Crippen LogP contribution in [-0.2, 0) is 0 Å². The van der Waals surface area contributed by atoms with Crippen molar-refractivity contribution in [1.82, 2.24) is 0 Å². The van der Waals surface area contributed by atoms with Gasteiger partial charge in [-0.05, 0) is 18.6 Å². The third-order valence-corrected chi connectivity index (χ3v) is 2.33. The lowest BCUT2D eigenvalue weighted by atomic mass is 10.2. The van der Waals surface area contributed by atoms with Crippen LogP contribution in [0.2, 0.25) is 0 Å². The summed E-state index contributed by atoms with van der Waals surface area (Å²) in [5.74, 6) is -0.238. The molecule has 1 unspecified atom stereocenters. The Hall–Kier alpha value is -1.13. The Bertz CT molecular complexity index is 306. The number of halogens is 1. The van der Waals surface area contributed by atoms with Crippen LogP contribution < -0.4 is 10.6 Å². The summed E-state index contributed by atoms with van der Waals surface area (Å²) in [5, 5.41) is 8.76. The smallest absolute Gasteiger partial charge is 0.146 e. The Kier molecular flexibility index (Phi) is 4.52. The van der Waals surface area contributed by atoms with Crippen molar-refractivity contribution in [2.24, 2.45) is 5.73 Å². The van der Waals surface area contributed by atoms with Gasteiger partial charge >= 0.3 is 0 Å². The number of benzene rings is 1. The van der Waals surface area contributed by atoms with Crippen molar-refractivity contribution in [2.75, 3.05) is 25.1 Å². The Morgan fingerprint density at radius 2 is 2.13 bits per heavy atom. The van der Waals surface area contributed by atoms with Crippen LogP contribution in [0.3, 0.4) is 0 Å². The normalized spacial score (nSPS) is 12.5. The molecule has 0 aromatic heterocycles. The van der Waals surface area contributed by atoms with E-state index in [0.717, 1.165) is 0 Å². The van der Waals surface area contributed by atoms with E-state index in [1.165, 1.54) is 6.07 Å². The first kappa shape index (κ1) is 11.9. The maximum Gasteiger partial charge on any atom is 0.146 e. The van der Waals surface area contributed by atoms with Gasteiger partial charge in [0.1, 0.15) is 5.82 Å². The summed E-state index contributed by atoms with van der Waals surface area (Å²) in [6.45, 7) is 0.591. The van der Waals surface area contributed by atoms with Crippen molar-refractivity contribution in [3.63, 3.8) is 0 Å². The number of hydrogen-bond acceptors (Lipinski definition) is 3. The first-order valence-electron chi connectivity index (χ1n) is 4.97.